The molecule has 0 fully saturated rings. The Morgan fingerprint density at radius 1 is 1.53 bits per heavy atom. The molecule has 4 heteroatoms. The van der Waals surface area contributed by atoms with Crippen LogP contribution in [0.4, 0.5) is 5.69 Å². The Morgan fingerprint density at radius 3 is 2.88 bits per heavy atom. The molecule has 0 amide bonds. The molecule has 0 saturated heterocycles. The molecule has 1 aromatic rings. The predicted molar refractivity (Wildman–Crippen MR) is 67.6 cm³/mol. The average Bonchev–Trinajstić information content (AvgIpc) is 2.34. The summed E-state index contributed by atoms with van der Waals surface area (Å²) in [5.41, 5.74) is 2.08. The van der Waals surface area contributed by atoms with Crippen molar-refractivity contribution in [3.05, 3.63) is 35.9 Å². The van der Waals surface area contributed by atoms with Crippen LogP contribution in [0.2, 0.25) is 0 Å². The van der Waals surface area contributed by atoms with Gasteiger partial charge in [0.05, 0.1) is 12.8 Å². The van der Waals surface area contributed by atoms with Crippen LogP contribution < -0.4 is 10.1 Å². The van der Waals surface area contributed by atoms with Gasteiger partial charge in [-0.25, -0.2) is 4.79 Å². The average molecular weight is 235 g/mol. The quantitative estimate of drug-likeness (QED) is 0.743. The molecule has 0 unspecified atom stereocenters. The van der Waals surface area contributed by atoms with Gasteiger partial charge in [0, 0.05) is 12.6 Å². The maximum absolute atomic E-state index is 10.3. The Kier molecular flexibility index (Phi) is 5.07. The second kappa shape index (κ2) is 6.58. The molecule has 0 saturated carbocycles. The Morgan fingerprint density at radius 2 is 2.29 bits per heavy atom. The molecule has 0 bridgehead atoms. The summed E-state index contributed by atoms with van der Waals surface area (Å²) in [6.45, 7) is 2.53. The highest BCUT2D eigenvalue weighted by Crippen LogP contribution is 2.25. The van der Waals surface area contributed by atoms with Crippen molar-refractivity contribution in [2.75, 3.05) is 19.0 Å². The number of ether oxygens (including phenoxy) is 1. The van der Waals surface area contributed by atoms with E-state index in [9.17, 15) is 4.79 Å². The van der Waals surface area contributed by atoms with Crippen molar-refractivity contribution < 1.29 is 14.6 Å². The Hall–Kier alpha value is -1.97. The van der Waals surface area contributed by atoms with Gasteiger partial charge in [0.1, 0.15) is 5.75 Å². The van der Waals surface area contributed by atoms with E-state index >= 15 is 0 Å². The molecule has 0 aliphatic carbocycles. The van der Waals surface area contributed by atoms with Gasteiger partial charge < -0.3 is 15.2 Å². The van der Waals surface area contributed by atoms with Gasteiger partial charge in [-0.2, -0.15) is 0 Å². The van der Waals surface area contributed by atoms with Crippen molar-refractivity contribution in [3.63, 3.8) is 0 Å². The van der Waals surface area contributed by atoms with Crippen LogP contribution in [0.15, 0.2) is 30.4 Å². The highest BCUT2D eigenvalue weighted by atomic mass is 16.5. The summed E-state index contributed by atoms with van der Waals surface area (Å²) in [5.74, 6) is -0.188. The fourth-order valence-electron chi connectivity index (χ4n) is 1.44. The van der Waals surface area contributed by atoms with Gasteiger partial charge in [0.2, 0.25) is 0 Å². The molecule has 92 valence electrons. The molecule has 0 aliphatic rings. The lowest BCUT2D eigenvalue weighted by Crippen LogP contribution is -2.02. The third-order valence-corrected chi connectivity index (χ3v) is 2.34. The van der Waals surface area contributed by atoms with Crippen molar-refractivity contribution in [2.45, 2.75) is 13.3 Å². The first kappa shape index (κ1) is 13.1. The minimum atomic E-state index is -0.943. The van der Waals surface area contributed by atoms with E-state index in [0.717, 1.165) is 23.9 Å². The lowest BCUT2D eigenvalue weighted by Gasteiger charge is -2.11. The van der Waals surface area contributed by atoms with Crippen LogP contribution in [0.3, 0.4) is 0 Å². The number of hydrogen-bond donors (Lipinski definition) is 2. The molecule has 0 radical (unpaired) electrons. The van der Waals surface area contributed by atoms with E-state index in [1.54, 1.807) is 13.2 Å². The number of carboxylic acids is 1. The minimum Gasteiger partial charge on any atom is -0.495 e. The van der Waals surface area contributed by atoms with Gasteiger partial charge in [0.25, 0.3) is 0 Å². The third kappa shape index (κ3) is 4.18. The van der Waals surface area contributed by atoms with E-state index < -0.39 is 5.97 Å². The standard InChI is InChI=1S/C13H17NO3/c1-3-10-6-7-12(17-2)11(9-10)14-8-4-5-13(15)16/h4-7,9,14H,3,8H2,1-2H3,(H,15,16)/b5-4+. The van der Waals surface area contributed by atoms with Crippen molar-refractivity contribution in [1.29, 1.82) is 0 Å². The van der Waals surface area contributed by atoms with Gasteiger partial charge in [-0.05, 0) is 24.1 Å². The SMILES string of the molecule is CCc1ccc(OC)c(NC/C=C/C(=O)O)c1. The largest absolute Gasteiger partial charge is 0.495 e. The summed E-state index contributed by atoms with van der Waals surface area (Å²) in [4.78, 5) is 10.3. The Labute approximate surface area is 101 Å². The Balaban J connectivity index is 2.70. The van der Waals surface area contributed by atoms with Gasteiger partial charge in [-0.15, -0.1) is 0 Å². The highest BCUT2D eigenvalue weighted by Gasteiger charge is 2.02. The molecular weight excluding hydrogens is 218 g/mol. The maximum atomic E-state index is 10.3. The lowest BCUT2D eigenvalue weighted by molar-refractivity contribution is -0.131. The monoisotopic (exact) mass is 235 g/mol. The number of carboxylic acid groups (broad SMARTS) is 1. The molecule has 1 aromatic carbocycles. The molecule has 17 heavy (non-hydrogen) atoms. The van der Waals surface area contributed by atoms with Crippen molar-refractivity contribution in [3.8, 4) is 5.75 Å². The normalized spacial score (nSPS) is 10.5. The zero-order valence-electron chi connectivity index (χ0n) is 10.1. The summed E-state index contributed by atoms with van der Waals surface area (Å²) in [6, 6.07) is 5.92. The zero-order valence-corrected chi connectivity index (χ0v) is 10.1. The summed E-state index contributed by atoms with van der Waals surface area (Å²) in [5, 5.41) is 11.6. The summed E-state index contributed by atoms with van der Waals surface area (Å²) >= 11 is 0. The van der Waals surface area contributed by atoms with Crippen molar-refractivity contribution in [2.24, 2.45) is 0 Å². The second-order valence-corrected chi connectivity index (χ2v) is 3.51. The van der Waals surface area contributed by atoms with E-state index in [2.05, 4.69) is 12.2 Å². The minimum absolute atomic E-state index is 0.454. The molecule has 0 spiro atoms. The summed E-state index contributed by atoms with van der Waals surface area (Å²) in [6.07, 6.45) is 3.62. The number of rotatable bonds is 6. The third-order valence-electron chi connectivity index (χ3n) is 2.34. The lowest BCUT2D eigenvalue weighted by atomic mass is 10.1. The first-order valence-corrected chi connectivity index (χ1v) is 5.47. The fourth-order valence-corrected chi connectivity index (χ4v) is 1.44. The van der Waals surface area contributed by atoms with Crippen molar-refractivity contribution in [1.82, 2.24) is 0 Å². The van der Waals surface area contributed by atoms with Crippen LogP contribution in [0.25, 0.3) is 0 Å². The summed E-state index contributed by atoms with van der Waals surface area (Å²) in [7, 11) is 1.61. The van der Waals surface area contributed by atoms with Gasteiger partial charge in [-0.3, -0.25) is 0 Å². The van der Waals surface area contributed by atoms with E-state index in [0.29, 0.717) is 6.54 Å². The molecular formula is C13H17NO3. The number of benzene rings is 1. The van der Waals surface area contributed by atoms with E-state index in [4.69, 9.17) is 9.84 Å². The fraction of sp³-hybridized carbons (Fsp3) is 0.308. The first-order chi connectivity index (χ1) is 8.17. The van der Waals surface area contributed by atoms with Crippen LogP contribution in [-0.2, 0) is 11.2 Å². The van der Waals surface area contributed by atoms with E-state index in [-0.39, 0.29) is 0 Å². The number of hydrogen-bond acceptors (Lipinski definition) is 3. The molecule has 4 nitrogen and oxygen atoms in total. The Bertz CT molecular complexity index is 413. The predicted octanol–water partition coefficient (Wildman–Crippen LogP) is 2.31. The highest BCUT2D eigenvalue weighted by molar-refractivity contribution is 5.79. The molecule has 0 aromatic heterocycles. The molecule has 0 aliphatic heterocycles. The second-order valence-electron chi connectivity index (χ2n) is 3.51. The zero-order chi connectivity index (χ0) is 12.7. The van der Waals surface area contributed by atoms with Crippen LogP contribution in [0, 0.1) is 0 Å². The van der Waals surface area contributed by atoms with Crippen LogP contribution in [0.5, 0.6) is 5.75 Å². The van der Waals surface area contributed by atoms with Crippen molar-refractivity contribution >= 4 is 11.7 Å². The van der Waals surface area contributed by atoms with E-state index in [1.807, 2.05) is 18.2 Å². The number of carbonyl (C=O) groups is 1. The number of methoxy groups -OCH3 is 1. The summed E-state index contributed by atoms with van der Waals surface area (Å²) < 4.78 is 5.22. The van der Waals surface area contributed by atoms with Crippen LogP contribution >= 0.6 is 0 Å². The van der Waals surface area contributed by atoms with E-state index in [1.165, 1.54) is 5.56 Å². The van der Waals surface area contributed by atoms with Gasteiger partial charge >= 0.3 is 5.97 Å². The van der Waals surface area contributed by atoms with Crippen LogP contribution in [0.1, 0.15) is 12.5 Å². The number of aliphatic carboxylic acids is 1. The molecule has 2 N–H and O–H groups in total. The van der Waals surface area contributed by atoms with Crippen LogP contribution in [-0.4, -0.2) is 24.7 Å². The molecule has 0 atom stereocenters. The number of aryl methyl sites for hydroxylation is 1. The topological polar surface area (TPSA) is 58.6 Å². The number of nitrogens with one attached hydrogen (secondary N) is 1. The first-order valence-electron chi connectivity index (χ1n) is 5.47. The van der Waals surface area contributed by atoms with Gasteiger partial charge in [-0.1, -0.05) is 19.1 Å². The maximum Gasteiger partial charge on any atom is 0.328 e. The molecule has 1 rings (SSSR count). The van der Waals surface area contributed by atoms with Gasteiger partial charge in [0.15, 0.2) is 0 Å². The smallest absolute Gasteiger partial charge is 0.328 e. The molecule has 0 heterocycles. The number of anilines is 1.